The number of hydrogen-bond acceptors (Lipinski definition) is 14. The highest BCUT2D eigenvalue weighted by Gasteiger charge is 2.20. The minimum Gasteiger partial charge on any atom is -0.465 e. The second-order valence-electron chi connectivity index (χ2n) is 8.92. The number of methoxy groups -OCH3 is 4. The van der Waals surface area contributed by atoms with Crippen LogP contribution in [0.15, 0.2) is 84.9 Å². The molecule has 0 unspecified atom stereocenters. The second-order valence-corrected chi connectivity index (χ2v) is 8.92. The van der Waals surface area contributed by atoms with Crippen molar-refractivity contribution in [2.45, 2.75) is 0 Å². The summed E-state index contributed by atoms with van der Waals surface area (Å²) in [5.74, 6) is -1.37. The third-order valence-electron chi connectivity index (χ3n) is 5.95. The summed E-state index contributed by atoms with van der Waals surface area (Å²) in [5.41, 5.74) is 6.51. The number of benzene rings is 4. The van der Waals surface area contributed by atoms with E-state index in [1.807, 2.05) is 0 Å². The van der Waals surface area contributed by atoms with Crippen molar-refractivity contribution in [1.29, 1.82) is 0 Å². The second kappa shape index (κ2) is 18.5. The first-order chi connectivity index (χ1) is 23.0. The van der Waals surface area contributed by atoms with Crippen LogP contribution in [0.4, 0.5) is 11.4 Å². The van der Waals surface area contributed by atoms with Crippen LogP contribution in [0.5, 0.6) is 23.0 Å². The monoisotopic (exact) mass is 664 g/mol. The molecule has 3 N–H and O–H groups in total. The van der Waals surface area contributed by atoms with Gasteiger partial charge in [-0.2, -0.15) is 0 Å². The smallest absolute Gasteiger partial charge is 0.341 e. The molecule has 0 spiro atoms. The Kier molecular flexibility index (Phi) is 14.5. The molecule has 0 aromatic heterocycles. The van der Waals surface area contributed by atoms with Gasteiger partial charge in [0.1, 0.15) is 34.1 Å². The van der Waals surface area contributed by atoms with Crippen molar-refractivity contribution >= 4 is 35.3 Å². The molecule has 4 aromatic carbocycles. The van der Waals surface area contributed by atoms with Crippen molar-refractivity contribution < 1.29 is 57.6 Å². The minimum absolute atomic E-state index is 0.0643. The average molecular weight is 665 g/mol. The van der Waals surface area contributed by atoms with E-state index >= 15 is 0 Å². The number of aliphatic hydroxyl groups excluding tert-OH is 1. The minimum atomic E-state index is -0.780. The lowest BCUT2D eigenvalue weighted by Gasteiger charge is -2.11. The zero-order valence-corrected chi connectivity index (χ0v) is 26.5. The summed E-state index contributed by atoms with van der Waals surface area (Å²) in [6, 6.07) is 20.7. The van der Waals surface area contributed by atoms with Crippen molar-refractivity contribution in [2.24, 2.45) is 0 Å². The lowest BCUT2D eigenvalue weighted by atomic mass is 10.1. The molecular formula is C33H32N2O13. The number of ether oxygens (including phenoxy) is 6. The van der Waals surface area contributed by atoms with Crippen molar-refractivity contribution in [3.8, 4) is 23.0 Å². The predicted octanol–water partition coefficient (Wildman–Crippen LogP) is 5.20. The van der Waals surface area contributed by atoms with Crippen LogP contribution in [-0.2, 0) is 18.9 Å². The van der Waals surface area contributed by atoms with Gasteiger partial charge in [0, 0.05) is 24.9 Å². The van der Waals surface area contributed by atoms with E-state index in [-0.39, 0.29) is 39.6 Å². The fraction of sp³-hybridized carbons (Fsp3) is 0.152. The molecule has 0 saturated carbocycles. The number of anilines is 1. The molecule has 0 saturated heterocycles. The highest BCUT2D eigenvalue weighted by atomic mass is 16.6. The number of nitrogens with zero attached hydrogens (tertiary/aromatic N) is 1. The number of non-ortho nitro benzene ring substituents is 1. The lowest BCUT2D eigenvalue weighted by Crippen LogP contribution is -2.05. The van der Waals surface area contributed by atoms with Gasteiger partial charge in [-0.05, 0) is 60.7 Å². The Labute approximate surface area is 274 Å². The van der Waals surface area contributed by atoms with Gasteiger partial charge in [0.05, 0.1) is 44.5 Å². The number of nitro benzene ring substituents is 1. The van der Waals surface area contributed by atoms with Crippen molar-refractivity contribution in [2.75, 3.05) is 41.3 Å². The number of nitro groups is 1. The lowest BCUT2D eigenvalue weighted by molar-refractivity contribution is -0.384. The topological polar surface area (TPSA) is 213 Å². The SMILES string of the molecule is CO.COC(=O)c1cccc(Oc2ccc(N)cc2C(=O)OC)c1.COC(=O)c1cccc(Oc2ccc([N+](=O)[O-])cc2C(=O)OC)c1. The number of rotatable bonds is 9. The number of nitrogens with two attached hydrogens (primary N) is 1. The van der Waals surface area contributed by atoms with Gasteiger partial charge in [-0.1, -0.05) is 12.1 Å². The van der Waals surface area contributed by atoms with Gasteiger partial charge in [-0.25, -0.2) is 19.2 Å². The van der Waals surface area contributed by atoms with Crippen LogP contribution < -0.4 is 15.2 Å². The molecule has 15 nitrogen and oxygen atoms in total. The first-order valence-corrected chi connectivity index (χ1v) is 13.5. The van der Waals surface area contributed by atoms with E-state index in [0.29, 0.717) is 17.0 Å². The standard InChI is InChI=1S/C16H13NO7.C16H15NO5.CH4O/c1-22-15(18)10-4-3-5-12(8-10)24-14-7-6-11(17(20)21)9-13(14)16(19)23-2;1-20-15(18)10-4-3-5-12(8-10)22-14-7-6-11(17)9-13(14)16(19)21-2;1-2/h3-9H,1-2H3;3-9H,17H2,1-2H3;2H,1H3. The summed E-state index contributed by atoms with van der Waals surface area (Å²) in [4.78, 5) is 56.9. The van der Waals surface area contributed by atoms with Crippen LogP contribution in [0.25, 0.3) is 0 Å². The molecule has 0 heterocycles. The molecule has 0 aliphatic rings. The first kappa shape index (κ1) is 37.7. The van der Waals surface area contributed by atoms with Crippen LogP contribution in [-0.4, -0.2) is 69.5 Å². The molecule has 0 fully saturated rings. The van der Waals surface area contributed by atoms with E-state index in [1.54, 1.807) is 42.5 Å². The molecular weight excluding hydrogens is 632 g/mol. The molecule has 252 valence electrons. The third-order valence-corrected chi connectivity index (χ3v) is 5.95. The van der Waals surface area contributed by atoms with Crippen molar-refractivity contribution in [3.05, 3.63) is 117 Å². The molecule has 0 bridgehead atoms. The Balaban J connectivity index is 0.000000318. The molecule has 4 rings (SSSR count). The molecule has 4 aromatic rings. The molecule has 15 heteroatoms. The van der Waals surface area contributed by atoms with Crippen molar-refractivity contribution in [3.63, 3.8) is 0 Å². The zero-order valence-electron chi connectivity index (χ0n) is 26.5. The quantitative estimate of drug-likeness (QED) is 0.0773. The van der Waals surface area contributed by atoms with Crippen LogP contribution in [0.1, 0.15) is 41.4 Å². The Bertz CT molecular complexity index is 1770. The van der Waals surface area contributed by atoms with E-state index in [0.717, 1.165) is 20.3 Å². The maximum absolute atomic E-state index is 11.8. The number of esters is 4. The maximum atomic E-state index is 11.8. The average Bonchev–Trinajstić information content (AvgIpc) is 3.12. The van der Waals surface area contributed by atoms with E-state index < -0.39 is 28.8 Å². The Morgan fingerprint density at radius 1 is 0.604 bits per heavy atom. The Morgan fingerprint density at radius 2 is 1.02 bits per heavy atom. The number of nitrogen functional groups attached to an aromatic ring is 1. The number of carbonyl (C=O) groups is 4. The molecule has 0 radical (unpaired) electrons. The van der Waals surface area contributed by atoms with Gasteiger partial charge in [0.25, 0.3) is 5.69 Å². The van der Waals surface area contributed by atoms with E-state index in [9.17, 15) is 29.3 Å². The van der Waals surface area contributed by atoms with Gasteiger partial charge in [0.2, 0.25) is 0 Å². The predicted molar refractivity (Wildman–Crippen MR) is 170 cm³/mol. The fourth-order valence-corrected chi connectivity index (χ4v) is 3.76. The van der Waals surface area contributed by atoms with Crippen molar-refractivity contribution in [1.82, 2.24) is 0 Å². The van der Waals surface area contributed by atoms with Gasteiger partial charge in [0.15, 0.2) is 0 Å². The van der Waals surface area contributed by atoms with Gasteiger partial charge in [-0.3, -0.25) is 10.1 Å². The molecule has 0 amide bonds. The summed E-state index contributed by atoms with van der Waals surface area (Å²) >= 11 is 0. The molecule has 0 aliphatic heterocycles. The first-order valence-electron chi connectivity index (χ1n) is 13.5. The van der Waals surface area contributed by atoms with Gasteiger partial charge < -0.3 is 39.3 Å². The summed E-state index contributed by atoms with van der Waals surface area (Å²) < 4.78 is 29.8. The van der Waals surface area contributed by atoms with E-state index in [2.05, 4.69) is 14.2 Å². The summed E-state index contributed by atoms with van der Waals surface area (Å²) in [5, 5.41) is 17.8. The molecule has 48 heavy (non-hydrogen) atoms. The summed E-state index contributed by atoms with van der Waals surface area (Å²) in [6.07, 6.45) is 0. The zero-order chi connectivity index (χ0) is 35.8. The van der Waals surface area contributed by atoms with Gasteiger partial charge >= 0.3 is 23.9 Å². The number of aliphatic hydroxyl groups is 1. The fourth-order valence-electron chi connectivity index (χ4n) is 3.76. The summed E-state index contributed by atoms with van der Waals surface area (Å²) in [6.45, 7) is 0. The highest BCUT2D eigenvalue weighted by molar-refractivity contribution is 5.94. The maximum Gasteiger partial charge on any atom is 0.341 e. The van der Waals surface area contributed by atoms with Crippen LogP contribution in [0, 0.1) is 10.1 Å². The number of hydrogen-bond donors (Lipinski definition) is 2. The normalized spacial score (nSPS) is 9.62. The molecule has 0 atom stereocenters. The Hall–Kier alpha value is -6.48. The van der Waals surface area contributed by atoms with Crippen LogP contribution >= 0.6 is 0 Å². The highest BCUT2D eigenvalue weighted by Crippen LogP contribution is 2.30. The Morgan fingerprint density at radius 3 is 1.44 bits per heavy atom. The third kappa shape index (κ3) is 10.3. The number of carbonyl (C=O) groups excluding carboxylic acids is 4. The van der Waals surface area contributed by atoms with Crippen LogP contribution in [0.2, 0.25) is 0 Å². The van der Waals surface area contributed by atoms with Gasteiger partial charge in [-0.15, -0.1) is 0 Å². The van der Waals surface area contributed by atoms with Crippen LogP contribution in [0.3, 0.4) is 0 Å². The van der Waals surface area contributed by atoms with E-state index in [4.69, 9.17) is 25.1 Å². The van der Waals surface area contributed by atoms with E-state index in [1.165, 1.54) is 57.7 Å². The summed E-state index contributed by atoms with van der Waals surface area (Å²) in [7, 11) is 5.97. The largest absolute Gasteiger partial charge is 0.465 e. The molecule has 0 aliphatic carbocycles.